The number of amides is 1. The summed E-state index contributed by atoms with van der Waals surface area (Å²) >= 11 is 0. The lowest BCUT2D eigenvalue weighted by atomic mass is 10.1. The molecule has 0 saturated carbocycles. The summed E-state index contributed by atoms with van der Waals surface area (Å²) in [6, 6.07) is 7.78. The second-order valence-corrected chi connectivity index (χ2v) is 6.58. The molecule has 0 radical (unpaired) electrons. The summed E-state index contributed by atoms with van der Waals surface area (Å²) in [6.07, 6.45) is 0.398. The van der Waals surface area contributed by atoms with E-state index in [0.29, 0.717) is 31.1 Å². The molecule has 132 valence electrons. The molecule has 0 bridgehead atoms. The second kappa shape index (κ2) is 7.04. The van der Waals surface area contributed by atoms with E-state index in [0.717, 1.165) is 0 Å². The minimum Gasteiger partial charge on any atom is -0.484 e. The molecular formula is C18H20FN3O3. The van der Waals surface area contributed by atoms with Crippen molar-refractivity contribution >= 4 is 5.91 Å². The Bertz CT molecular complexity index is 828. The number of likely N-dealkylation sites (tertiary alicyclic amines) is 1. The van der Waals surface area contributed by atoms with Crippen molar-refractivity contribution in [2.75, 3.05) is 13.1 Å². The van der Waals surface area contributed by atoms with Crippen LogP contribution in [0.4, 0.5) is 4.39 Å². The van der Waals surface area contributed by atoms with Crippen LogP contribution in [0.2, 0.25) is 0 Å². The van der Waals surface area contributed by atoms with Crippen LogP contribution in [0.5, 0.6) is 5.75 Å². The first kappa shape index (κ1) is 17.1. The normalized spacial score (nSPS) is 14.5. The van der Waals surface area contributed by atoms with Gasteiger partial charge < -0.3 is 14.6 Å². The highest BCUT2D eigenvalue weighted by Gasteiger charge is 2.34. The lowest BCUT2D eigenvalue weighted by Gasteiger charge is -2.38. The highest BCUT2D eigenvalue weighted by Crippen LogP contribution is 2.22. The maximum Gasteiger partial charge on any atom is 0.345 e. The maximum atomic E-state index is 13.6. The van der Waals surface area contributed by atoms with E-state index in [-0.39, 0.29) is 23.5 Å². The number of benzene rings is 1. The maximum absolute atomic E-state index is 13.6. The molecule has 2 heterocycles. The molecule has 1 aliphatic rings. The van der Waals surface area contributed by atoms with Crippen LogP contribution in [0.25, 0.3) is 0 Å². The molecule has 0 aliphatic carbocycles. The van der Waals surface area contributed by atoms with E-state index < -0.39 is 11.5 Å². The smallest absolute Gasteiger partial charge is 0.345 e. The van der Waals surface area contributed by atoms with E-state index in [9.17, 15) is 14.0 Å². The first-order chi connectivity index (χ1) is 11.9. The number of hydrogen-bond donors (Lipinski definition) is 1. The summed E-state index contributed by atoms with van der Waals surface area (Å²) in [5, 5.41) is 0. The molecule has 0 atom stereocenters. The molecule has 1 amide bonds. The fourth-order valence-electron chi connectivity index (χ4n) is 2.73. The Hall–Kier alpha value is -2.70. The van der Waals surface area contributed by atoms with Gasteiger partial charge in [0, 0.05) is 5.69 Å². The number of rotatable bonds is 5. The topological polar surface area (TPSA) is 75.3 Å². The fraction of sp³-hybridized carbons (Fsp3) is 0.389. The second-order valence-electron chi connectivity index (χ2n) is 6.58. The van der Waals surface area contributed by atoms with Crippen molar-refractivity contribution in [1.82, 2.24) is 14.9 Å². The predicted octanol–water partition coefficient (Wildman–Crippen LogP) is 2.01. The van der Waals surface area contributed by atoms with Crippen LogP contribution in [0.15, 0.2) is 35.1 Å². The lowest BCUT2D eigenvalue weighted by molar-refractivity contribution is 0.0159. The van der Waals surface area contributed by atoms with Crippen molar-refractivity contribution in [3.63, 3.8) is 0 Å². The number of para-hydroxylation sites is 1. The number of halogens is 1. The largest absolute Gasteiger partial charge is 0.484 e. The Morgan fingerprint density at radius 3 is 2.80 bits per heavy atom. The number of carbonyl (C=O) groups excluding carboxylic acids is 1. The average Bonchev–Trinajstić information content (AvgIpc) is 2.50. The van der Waals surface area contributed by atoms with Crippen molar-refractivity contribution in [3.05, 3.63) is 58.0 Å². The first-order valence-corrected chi connectivity index (χ1v) is 8.23. The number of aromatic amines is 1. The minimum atomic E-state index is -0.527. The summed E-state index contributed by atoms with van der Waals surface area (Å²) in [5.74, 6) is -0.219. The Balaban J connectivity index is 1.63. The van der Waals surface area contributed by atoms with Gasteiger partial charge in [0.05, 0.1) is 13.1 Å². The summed E-state index contributed by atoms with van der Waals surface area (Å²) in [7, 11) is 0. The molecule has 1 saturated heterocycles. The molecule has 25 heavy (non-hydrogen) atoms. The molecule has 2 aromatic rings. The van der Waals surface area contributed by atoms with Crippen molar-refractivity contribution in [1.29, 1.82) is 0 Å². The van der Waals surface area contributed by atoms with Crippen LogP contribution in [0.1, 0.15) is 30.0 Å². The third kappa shape index (κ3) is 4.04. The van der Waals surface area contributed by atoms with Gasteiger partial charge in [-0.05, 0) is 30.5 Å². The Morgan fingerprint density at radius 1 is 1.40 bits per heavy atom. The Labute approximate surface area is 144 Å². The van der Waals surface area contributed by atoms with Gasteiger partial charge in [-0.25, -0.2) is 9.18 Å². The third-order valence-electron chi connectivity index (χ3n) is 3.91. The predicted molar refractivity (Wildman–Crippen MR) is 90.1 cm³/mol. The van der Waals surface area contributed by atoms with Crippen molar-refractivity contribution in [2.24, 2.45) is 5.92 Å². The standard InChI is InChI=1S/C18H20FN3O3/c1-11(2)7-12-8-15(21-18(24)20-12)17(23)22-9-13(10-22)25-16-6-4-3-5-14(16)19/h3-6,8,11,13H,7,9-10H2,1-2H3,(H,20,21,24). The molecule has 1 N–H and O–H groups in total. The number of nitrogens with zero attached hydrogens (tertiary/aromatic N) is 2. The number of hydrogen-bond acceptors (Lipinski definition) is 4. The number of ether oxygens (including phenoxy) is 1. The summed E-state index contributed by atoms with van der Waals surface area (Å²) in [4.78, 5) is 32.1. The average molecular weight is 345 g/mol. The van der Waals surface area contributed by atoms with Gasteiger partial charge >= 0.3 is 5.69 Å². The minimum absolute atomic E-state index is 0.128. The summed E-state index contributed by atoms with van der Waals surface area (Å²) in [6.45, 7) is 4.73. The lowest BCUT2D eigenvalue weighted by Crippen LogP contribution is -2.56. The number of carbonyl (C=O) groups is 1. The van der Waals surface area contributed by atoms with E-state index in [1.165, 1.54) is 11.0 Å². The van der Waals surface area contributed by atoms with Crippen LogP contribution < -0.4 is 10.4 Å². The molecule has 1 fully saturated rings. The van der Waals surface area contributed by atoms with Crippen LogP contribution in [-0.4, -0.2) is 40.0 Å². The fourth-order valence-corrected chi connectivity index (χ4v) is 2.73. The summed E-state index contributed by atoms with van der Waals surface area (Å²) in [5.41, 5.74) is 0.294. The van der Waals surface area contributed by atoms with Gasteiger partial charge in [0.1, 0.15) is 11.8 Å². The molecule has 1 aliphatic heterocycles. The van der Waals surface area contributed by atoms with Gasteiger partial charge in [-0.15, -0.1) is 0 Å². The van der Waals surface area contributed by atoms with Gasteiger partial charge in [0.25, 0.3) is 5.91 Å². The molecule has 1 aromatic carbocycles. The van der Waals surface area contributed by atoms with Gasteiger partial charge in [0.2, 0.25) is 0 Å². The van der Waals surface area contributed by atoms with Crippen molar-refractivity contribution in [3.8, 4) is 5.75 Å². The zero-order valence-electron chi connectivity index (χ0n) is 14.2. The van der Waals surface area contributed by atoms with Crippen LogP contribution in [-0.2, 0) is 6.42 Å². The highest BCUT2D eigenvalue weighted by atomic mass is 19.1. The van der Waals surface area contributed by atoms with Crippen molar-refractivity contribution in [2.45, 2.75) is 26.4 Å². The number of aromatic nitrogens is 2. The number of nitrogens with one attached hydrogen (secondary N) is 1. The van der Waals surface area contributed by atoms with E-state index in [2.05, 4.69) is 9.97 Å². The third-order valence-corrected chi connectivity index (χ3v) is 3.91. The van der Waals surface area contributed by atoms with E-state index >= 15 is 0 Å². The van der Waals surface area contributed by atoms with Crippen LogP contribution >= 0.6 is 0 Å². The van der Waals surface area contributed by atoms with E-state index in [1.807, 2.05) is 13.8 Å². The quantitative estimate of drug-likeness (QED) is 0.899. The monoisotopic (exact) mass is 345 g/mol. The molecular weight excluding hydrogens is 325 g/mol. The van der Waals surface area contributed by atoms with Gasteiger partial charge in [-0.1, -0.05) is 26.0 Å². The molecule has 0 spiro atoms. The Morgan fingerprint density at radius 2 is 2.12 bits per heavy atom. The molecule has 0 unspecified atom stereocenters. The zero-order chi connectivity index (χ0) is 18.0. The van der Waals surface area contributed by atoms with Gasteiger partial charge in [0.15, 0.2) is 11.6 Å². The van der Waals surface area contributed by atoms with Crippen LogP contribution in [0, 0.1) is 11.7 Å². The summed E-state index contributed by atoms with van der Waals surface area (Å²) < 4.78 is 19.1. The number of H-pyrrole nitrogens is 1. The molecule has 3 rings (SSSR count). The SMILES string of the molecule is CC(C)Cc1cc(C(=O)N2CC(Oc3ccccc3F)C2)nc(=O)[nH]1. The van der Waals surface area contributed by atoms with Gasteiger partial charge in [-0.2, -0.15) is 4.98 Å². The zero-order valence-corrected chi connectivity index (χ0v) is 14.2. The first-order valence-electron chi connectivity index (χ1n) is 8.23. The van der Waals surface area contributed by atoms with Gasteiger partial charge in [-0.3, -0.25) is 4.79 Å². The van der Waals surface area contributed by atoms with E-state index in [1.54, 1.807) is 24.3 Å². The van der Waals surface area contributed by atoms with Crippen LogP contribution in [0.3, 0.4) is 0 Å². The molecule has 7 heteroatoms. The Kier molecular flexibility index (Phi) is 4.83. The van der Waals surface area contributed by atoms with E-state index in [4.69, 9.17) is 4.74 Å². The molecule has 6 nitrogen and oxygen atoms in total. The molecule has 1 aromatic heterocycles. The van der Waals surface area contributed by atoms with Crippen molar-refractivity contribution < 1.29 is 13.9 Å². The highest BCUT2D eigenvalue weighted by molar-refractivity contribution is 5.92.